The molecule has 0 aliphatic rings. The summed E-state index contributed by atoms with van der Waals surface area (Å²) in [6.45, 7) is 5.59. The van der Waals surface area contributed by atoms with Crippen LogP contribution in [0.2, 0.25) is 0 Å². The standard InChI is InChI=1S/C15H18BrNO2/c1-3-17-15(14-6-5-9-19-14)11-7-8-13(18-4-2)12(16)10-11/h5-10,15,17H,3-4H2,1-2H3. The van der Waals surface area contributed by atoms with Crippen LogP contribution in [0.15, 0.2) is 45.5 Å². The third-order valence-electron chi connectivity index (χ3n) is 2.83. The first-order valence-electron chi connectivity index (χ1n) is 6.45. The molecule has 2 rings (SSSR count). The van der Waals surface area contributed by atoms with Gasteiger partial charge in [-0.15, -0.1) is 0 Å². The Morgan fingerprint density at radius 2 is 2.16 bits per heavy atom. The van der Waals surface area contributed by atoms with Crippen molar-refractivity contribution < 1.29 is 9.15 Å². The summed E-state index contributed by atoms with van der Waals surface area (Å²) in [4.78, 5) is 0. The minimum absolute atomic E-state index is 0.0620. The van der Waals surface area contributed by atoms with E-state index < -0.39 is 0 Å². The molecule has 3 nitrogen and oxygen atoms in total. The van der Waals surface area contributed by atoms with E-state index in [0.29, 0.717) is 6.61 Å². The number of rotatable bonds is 6. The van der Waals surface area contributed by atoms with E-state index >= 15 is 0 Å². The molecule has 0 bridgehead atoms. The first-order valence-corrected chi connectivity index (χ1v) is 7.24. The minimum atomic E-state index is 0.0620. The molecule has 1 heterocycles. The molecule has 0 radical (unpaired) electrons. The Labute approximate surface area is 122 Å². The van der Waals surface area contributed by atoms with Crippen molar-refractivity contribution in [3.63, 3.8) is 0 Å². The average Bonchev–Trinajstić information content (AvgIpc) is 2.92. The molecule has 102 valence electrons. The van der Waals surface area contributed by atoms with Crippen LogP contribution in [-0.4, -0.2) is 13.2 Å². The summed E-state index contributed by atoms with van der Waals surface area (Å²) < 4.78 is 12.0. The zero-order valence-corrected chi connectivity index (χ0v) is 12.7. The van der Waals surface area contributed by atoms with Gasteiger partial charge >= 0.3 is 0 Å². The van der Waals surface area contributed by atoms with Gasteiger partial charge in [0.2, 0.25) is 0 Å². The maximum atomic E-state index is 5.53. The molecule has 1 atom stereocenters. The molecule has 1 unspecified atom stereocenters. The van der Waals surface area contributed by atoms with Gasteiger partial charge in [0.05, 0.1) is 23.4 Å². The predicted octanol–water partition coefficient (Wildman–Crippen LogP) is 4.14. The fourth-order valence-electron chi connectivity index (χ4n) is 2.01. The summed E-state index contributed by atoms with van der Waals surface area (Å²) in [5.41, 5.74) is 1.15. The maximum Gasteiger partial charge on any atom is 0.133 e. The van der Waals surface area contributed by atoms with E-state index in [2.05, 4.69) is 40.3 Å². The highest BCUT2D eigenvalue weighted by molar-refractivity contribution is 9.10. The fourth-order valence-corrected chi connectivity index (χ4v) is 2.52. The topological polar surface area (TPSA) is 34.4 Å². The molecule has 0 aliphatic carbocycles. The highest BCUT2D eigenvalue weighted by atomic mass is 79.9. The van der Waals surface area contributed by atoms with Gasteiger partial charge in [-0.2, -0.15) is 0 Å². The SMILES string of the molecule is CCNC(c1ccc(OCC)c(Br)c1)c1ccco1. The van der Waals surface area contributed by atoms with E-state index in [1.165, 1.54) is 0 Å². The molecule has 1 aromatic heterocycles. The van der Waals surface area contributed by atoms with E-state index in [-0.39, 0.29) is 6.04 Å². The number of furan rings is 1. The second-order valence-corrected chi connectivity index (χ2v) is 4.98. The summed E-state index contributed by atoms with van der Waals surface area (Å²) in [5.74, 6) is 1.78. The van der Waals surface area contributed by atoms with Crippen LogP contribution in [0, 0.1) is 0 Å². The number of nitrogens with one attached hydrogen (secondary N) is 1. The van der Waals surface area contributed by atoms with Crippen LogP contribution < -0.4 is 10.1 Å². The van der Waals surface area contributed by atoms with Gasteiger partial charge in [0, 0.05) is 0 Å². The van der Waals surface area contributed by atoms with Gasteiger partial charge in [0.15, 0.2) is 0 Å². The lowest BCUT2D eigenvalue weighted by Gasteiger charge is -2.17. The first-order chi connectivity index (χ1) is 9.26. The molecule has 0 amide bonds. The van der Waals surface area contributed by atoms with Crippen molar-refractivity contribution in [2.24, 2.45) is 0 Å². The quantitative estimate of drug-likeness (QED) is 0.867. The summed E-state index contributed by atoms with van der Waals surface area (Å²) in [7, 11) is 0. The van der Waals surface area contributed by atoms with Crippen molar-refractivity contribution in [2.45, 2.75) is 19.9 Å². The average molecular weight is 324 g/mol. The molecule has 1 aromatic carbocycles. The molecular weight excluding hydrogens is 306 g/mol. The van der Waals surface area contributed by atoms with Crippen LogP contribution in [0.5, 0.6) is 5.75 Å². The van der Waals surface area contributed by atoms with Gasteiger partial charge in [0.1, 0.15) is 11.5 Å². The summed E-state index contributed by atoms with van der Waals surface area (Å²) >= 11 is 3.55. The Bertz CT molecular complexity index is 511. The summed E-state index contributed by atoms with van der Waals surface area (Å²) in [6, 6.07) is 10.1. The van der Waals surface area contributed by atoms with Crippen LogP contribution >= 0.6 is 15.9 Å². The molecule has 19 heavy (non-hydrogen) atoms. The normalized spacial score (nSPS) is 12.4. The second-order valence-electron chi connectivity index (χ2n) is 4.13. The third-order valence-corrected chi connectivity index (χ3v) is 3.44. The maximum absolute atomic E-state index is 5.53. The largest absolute Gasteiger partial charge is 0.493 e. The first kappa shape index (κ1) is 14.2. The van der Waals surface area contributed by atoms with Crippen molar-refractivity contribution in [3.05, 3.63) is 52.4 Å². The molecule has 0 saturated carbocycles. The summed E-state index contributed by atoms with van der Waals surface area (Å²) in [6.07, 6.45) is 1.70. The van der Waals surface area contributed by atoms with E-state index in [0.717, 1.165) is 28.1 Å². The number of benzene rings is 1. The van der Waals surface area contributed by atoms with Gasteiger partial charge in [-0.25, -0.2) is 0 Å². The van der Waals surface area contributed by atoms with Gasteiger partial charge in [-0.05, 0) is 59.2 Å². The van der Waals surface area contributed by atoms with Crippen molar-refractivity contribution in [3.8, 4) is 5.75 Å². The monoisotopic (exact) mass is 323 g/mol. The number of ether oxygens (including phenoxy) is 1. The predicted molar refractivity (Wildman–Crippen MR) is 79.5 cm³/mol. The van der Waals surface area contributed by atoms with Crippen LogP contribution in [0.4, 0.5) is 0 Å². The molecule has 1 N–H and O–H groups in total. The Balaban J connectivity index is 2.30. The summed E-state index contributed by atoms with van der Waals surface area (Å²) in [5, 5.41) is 3.42. The van der Waals surface area contributed by atoms with Crippen LogP contribution in [0.3, 0.4) is 0 Å². The van der Waals surface area contributed by atoms with Gasteiger partial charge < -0.3 is 14.5 Å². The lowest BCUT2D eigenvalue weighted by atomic mass is 10.0. The van der Waals surface area contributed by atoms with Crippen molar-refractivity contribution in [2.75, 3.05) is 13.2 Å². The van der Waals surface area contributed by atoms with Gasteiger partial charge in [0.25, 0.3) is 0 Å². The van der Waals surface area contributed by atoms with Gasteiger partial charge in [-0.1, -0.05) is 13.0 Å². The van der Waals surface area contributed by atoms with Crippen LogP contribution in [-0.2, 0) is 0 Å². The van der Waals surface area contributed by atoms with Crippen molar-refractivity contribution >= 4 is 15.9 Å². The Kier molecular flexibility index (Phi) is 5.05. The highest BCUT2D eigenvalue weighted by Crippen LogP contribution is 2.31. The van der Waals surface area contributed by atoms with Crippen LogP contribution in [0.1, 0.15) is 31.2 Å². The van der Waals surface area contributed by atoms with E-state index in [9.17, 15) is 0 Å². The molecule has 0 saturated heterocycles. The zero-order chi connectivity index (χ0) is 13.7. The Morgan fingerprint density at radius 1 is 1.32 bits per heavy atom. The zero-order valence-electron chi connectivity index (χ0n) is 11.2. The third kappa shape index (κ3) is 3.39. The van der Waals surface area contributed by atoms with Crippen molar-refractivity contribution in [1.29, 1.82) is 0 Å². The smallest absolute Gasteiger partial charge is 0.133 e. The number of hydrogen-bond donors (Lipinski definition) is 1. The Morgan fingerprint density at radius 3 is 2.74 bits per heavy atom. The molecule has 0 fully saturated rings. The van der Waals surface area contributed by atoms with Crippen LogP contribution in [0.25, 0.3) is 0 Å². The van der Waals surface area contributed by atoms with E-state index in [1.54, 1.807) is 6.26 Å². The number of halogens is 1. The highest BCUT2D eigenvalue weighted by Gasteiger charge is 2.16. The van der Waals surface area contributed by atoms with Gasteiger partial charge in [-0.3, -0.25) is 0 Å². The molecule has 0 spiro atoms. The molecule has 0 aliphatic heterocycles. The molecular formula is C15H18BrNO2. The fraction of sp³-hybridized carbons (Fsp3) is 0.333. The van der Waals surface area contributed by atoms with Crippen molar-refractivity contribution in [1.82, 2.24) is 5.32 Å². The lowest BCUT2D eigenvalue weighted by molar-refractivity contribution is 0.338. The number of hydrogen-bond acceptors (Lipinski definition) is 3. The Hall–Kier alpha value is -1.26. The minimum Gasteiger partial charge on any atom is -0.493 e. The molecule has 4 heteroatoms. The molecule has 2 aromatic rings. The lowest BCUT2D eigenvalue weighted by Crippen LogP contribution is -2.21. The second kappa shape index (κ2) is 6.78. The van der Waals surface area contributed by atoms with E-state index in [1.807, 2.05) is 25.1 Å². The van der Waals surface area contributed by atoms with E-state index in [4.69, 9.17) is 9.15 Å².